The zero-order chi connectivity index (χ0) is 8.27. The molecule has 0 bridgehead atoms. The van der Waals surface area contributed by atoms with E-state index in [1.807, 2.05) is 0 Å². The minimum Gasteiger partial charge on any atom is -0.381 e. The molecule has 1 heterocycles. The highest BCUT2D eigenvalue weighted by Gasteiger charge is 2.05. The standard InChI is InChI=1S/C7H6FNO2/c8-6-1-5(2-9-3-6)7(11)4-10/h1-4,7,11H. The molecule has 1 aromatic heterocycles. The third kappa shape index (κ3) is 1.81. The van der Waals surface area contributed by atoms with E-state index in [0.717, 1.165) is 12.3 Å². The highest BCUT2D eigenvalue weighted by molar-refractivity contribution is 5.58. The topological polar surface area (TPSA) is 50.2 Å². The summed E-state index contributed by atoms with van der Waals surface area (Å²) >= 11 is 0. The average molecular weight is 155 g/mol. The number of hydrogen-bond acceptors (Lipinski definition) is 3. The Hall–Kier alpha value is -1.29. The molecule has 0 aromatic carbocycles. The van der Waals surface area contributed by atoms with Crippen molar-refractivity contribution in [2.75, 3.05) is 0 Å². The maximum absolute atomic E-state index is 12.4. The van der Waals surface area contributed by atoms with Gasteiger partial charge in [-0.05, 0) is 6.07 Å². The van der Waals surface area contributed by atoms with Crippen LogP contribution in [0, 0.1) is 5.82 Å². The van der Waals surface area contributed by atoms with Gasteiger partial charge in [-0.3, -0.25) is 4.98 Å². The highest BCUT2D eigenvalue weighted by Crippen LogP contribution is 2.09. The summed E-state index contributed by atoms with van der Waals surface area (Å²) in [5.41, 5.74) is 0.167. The highest BCUT2D eigenvalue weighted by atomic mass is 19.1. The lowest BCUT2D eigenvalue weighted by molar-refractivity contribution is -0.115. The molecule has 1 rings (SSSR count). The van der Waals surface area contributed by atoms with E-state index in [-0.39, 0.29) is 5.56 Å². The van der Waals surface area contributed by atoms with Gasteiger partial charge in [0.1, 0.15) is 11.9 Å². The van der Waals surface area contributed by atoms with Crippen molar-refractivity contribution in [1.82, 2.24) is 4.98 Å². The fourth-order valence-electron chi connectivity index (χ4n) is 0.669. The first-order valence-electron chi connectivity index (χ1n) is 2.98. The van der Waals surface area contributed by atoms with Crippen LogP contribution in [0.2, 0.25) is 0 Å². The third-order valence-corrected chi connectivity index (χ3v) is 1.20. The molecule has 0 aliphatic rings. The number of halogens is 1. The molecule has 1 unspecified atom stereocenters. The van der Waals surface area contributed by atoms with Crippen LogP contribution in [0.1, 0.15) is 11.7 Å². The molecule has 4 heteroatoms. The largest absolute Gasteiger partial charge is 0.381 e. The molecule has 58 valence electrons. The fourth-order valence-corrected chi connectivity index (χ4v) is 0.669. The molecule has 0 spiro atoms. The van der Waals surface area contributed by atoms with Gasteiger partial charge in [0.15, 0.2) is 6.29 Å². The van der Waals surface area contributed by atoms with Crippen LogP contribution in [-0.2, 0) is 4.79 Å². The van der Waals surface area contributed by atoms with Crippen LogP contribution in [0.25, 0.3) is 0 Å². The first-order chi connectivity index (χ1) is 5.24. The van der Waals surface area contributed by atoms with Gasteiger partial charge in [-0.15, -0.1) is 0 Å². The summed E-state index contributed by atoms with van der Waals surface area (Å²) < 4.78 is 12.4. The van der Waals surface area contributed by atoms with Crippen molar-refractivity contribution < 1.29 is 14.3 Å². The second-order valence-electron chi connectivity index (χ2n) is 2.02. The second-order valence-corrected chi connectivity index (χ2v) is 2.02. The number of pyridine rings is 1. The van der Waals surface area contributed by atoms with Crippen molar-refractivity contribution >= 4 is 6.29 Å². The van der Waals surface area contributed by atoms with Gasteiger partial charge in [0.2, 0.25) is 0 Å². The Balaban J connectivity index is 2.95. The monoisotopic (exact) mass is 155 g/mol. The molecule has 0 fully saturated rings. The summed E-state index contributed by atoms with van der Waals surface area (Å²) in [5.74, 6) is -0.566. The summed E-state index contributed by atoms with van der Waals surface area (Å²) in [6.07, 6.45) is 1.28. The Labute approximate surface area is 62.5 Å². The summed E-state index contributed by atoms with van der Waals surface area (Å²) in [7, 11) is 0. The van der Waals surface area contributed by atoms with E-state index < -0.39 is 11.9 Å². The number of aliphatic hydroxyl groups is 1. The van der Waals surface area contributed by atoms with Crippen LogP contribution in [0.4, 0.5) is 4.39 Å². The smallest absolute Gasteiger partial charge is 0.153 e. The molecule has 0 saturated heterocycles. The van der Waals surface area contributed by atoms with Gasteiger partial charge in [-0.2, -0.15) is 0 Å². The molecule has 0 saturated carbocycles. The molecule has 3 nitrogen and oxygen atoms in total. The van der Waals surface area contributed by atoms with E-state index in [1.165, 1.54) is 6.20 Å². The lowest BCUT2D eigenvalue weighted by atomic mass is 10.2. The van der Waals surface area contributed by atoms with E-state index in [4.69, 9.17) is 5.11 Å². The molecule has 1 atom stereocenters. The molecular weight excluding hydrogens is 149 g/mol. The molecule has 1 N–H and O–H groups in total. The van der Waals surface area contributed by atoms with E-state index in [1.54, 1.807) is 0 Å². The van der Waals surface area contributed by atoms with E-state index >= 15 is 0 Å². The van der Waals surface area contributed by atoms with Gasteiger partial charge < -0.3 is 9.90 Å². The van der Waals surface area contributed by atoms with Crippen LogP contribution in [0.3, 0.4) is 0 Å². The second kappa shape index (κ2) is 3.21. The van der Waals surface area contributed by atoms with Crippen LogP contribution in [0.5, 0.6) is 0 Å². The van der Waals surface area contributed by atoms with Crippen molar-refractivity contribution in [2.24, 2.45) is 0 Å². The summed E-state index contributed by atoms with van der Waals surface area (Å²) in [5, 5.41) is 8.88. The number of nitrogens with zero attached hydrogens (tertiary/aromatic N) is 1. The lowest BCUT2D eigenvalue weighted by Gasteiger charge is -2.00. The normalized spacial score (nSPS) is 12.5. The van der Waals surface area contributed by atoms with Gasteiger partial charge in [0.25, 0.3) is 0 Å². The predicted molar refractivity (Wildman–Crippen MR) is 35.2 cm³/mol. The minimum absolute atomic E-state index is 0.167. The van der Waals surface area contributed by atoms with Crippen LogP contribution < -0.4 is 0 Å². The maximum atomic E-state index is 12.4. The first-order valence-corrected chi connectivity index (χ1v) is 2.98. The quantitative estimate of drug-likeness (QED) is 0.631. The summed E-state index contributed by atoms with van der Waals surface area (Å²) in [4.78, 5) is 13.5. The predicted octanol–water partition coefficient (Wildman–Crippen LogP) is 0.453. The molecule has 1 aromatic rings. The number of aliphatic hydroxyl groups excluding tert-OH is 1. The molecular formula is C7H6FNO2. The van der Waals surface area contributed by atoms with Crippen molar-refractivity contribution in [3.05, 3.63) is 29.8 Å². The third-order valence-electron chi connectivity index (χ3n) is 1.20. The van der Waals surface area contributed by atoms with Crippen LogP contribution >= 0.6 is 0 Å². The van der Waals surface area contributed by atoms with Gasteiger partial charge >= 0.3 is 0 Å². The summed E-state index contributed by atoms with van der Waals surface area (Å²) in [6, 6.07) is 1.06. The number of aromatic nitrogens is 1. The van der Waals surface area contributed by atoms with Gasteiger partial charge in [-0.1, -0.05) is 0 Å². The molecule has 0 aliphatic carbocycles. The Bertz CT molecular complexity index is 264. The Morgan fingerprint density at radius 2 is 2.36 bits per heavy atom. The lowest BCUT2D eigenvalue weighted by Crippen LogP contribution is -1.99. The van der Waals surface area contributed by atoms with Crippen molar-refractivity contribution in [3.8, 4) is 0 Å². The Morgan fingerprint density at radius 3 is 2.91 bits per heavy atom. The molecule has 0 amide bonds. The molecule has 11 heavy (non-hydrogen) atoms. The van der Waals surface area contributed by atoms with Crippen molar-refractivity contribution in [1.29, 1.82) is 0 Å². The van der Waals surface area contributed by atoms with Crippen molar-refractivity contribution in [3.63, 3.8) is 0 Å². The average Bonchev–Trinajstić information content (AvgIpc) is 2.03. The number of carbonyl (C=O) groups excluding carboxylic acids is 1. The maximum Gasteiger partial charge on any atom is 0.153 e. The minimum atomic E-state index is -1.28. The number of aldehydes is 1. The Kier molecular flexibility index (Phi) is 2.28. The van der Waals surface area contributed by atoms with E-state index in [0.29, 0.717) is 6.29 Å². The number of hydrogen-bond donors (Lipinski definition) is 1. The molecule has 0 aliphatic heterocycles. The fraction of sp³-hybridized carbons (Fsp3) is 0.143. The van der Waals surface area contributed by atoms with Gasteiger partial charge in [0, 0.05) is 11.8 Å². The Morgan fingerprint density at radius 1 is 1.64 bits per heavy atom. The zero-order valence-corrected chi connectivity index (χ0v) is 5.57. The molecule has 0 radical (unpaired) electrons. The van der Waals surface area contributed by atoms with E-state index in [9.17, 15) is 9.18 Å². The summed E-state index contributed by atoms with van der Waals surface area (Å²) in [6.45, 7) is 0. The van der Waals surface area contributed by atoms with Gasteiger partial charge in [-0.25, -0.2) is 4.39 Å². The number of rotatable bonds is 2. The van der Waals surface area contributed by atoms with E-state index in [2.05, 4.69) is 4.98 Å². The van der Waals surface area contributed by atoms with Crippen molar-refractivity contribution in [2.45, 2.75) is 6.10 Å². The van der Waals surface area contributed by atoms with Crippen LogP contribution in [-0.4, -0.2) is 16.4 Å². The van der Waals surface area contributed by atoms with Crippen LogP contribution in [0.15, 0.2) is 18.5 Å². The SMILES string of the molecule is O=CC(O)c1cncc(F)c1. The first kappa shape index (κ1) is 7.81. The zero-order valence-electron chi connectivity index (χ0n) is 5.57. The van der Waals surface area contributed by atoms with Gasteiger partial charge in [0.05, 0.1) is 6.20 Å². The number of carbonyl (C=O) groups is 1.